The topological polar surface area (TPSA) is 79.2 Å². The molecule has 1 heterocycles. The second-order valence-corrected chi connectivity index (χ2v) is 10.3. The van der Waals surface area contributed by atoms with E-state index in [1.807, 2.05) is 60.7 Å². The number of ether oxygens (including phenoxy) is 1. The summed E-state index contributed by atoms with van der Waals surface area (Å²) in [5, 5.41) is 10.3. The second kappa shape index (κ2) is 11.8. The Balaban J connectivity index is 1.49. The Morgan fingerprint density at radius 3 is 2.28 bits per heavy atom. The quantitative estimate of drug-likeness (QED) is 0.226. The highest BCUT2D eigenvalue weighted by molar-refractivity contribution is 8.19. The number of halogens is 2. The number of amidine groups is 1. The van der Waals surface area contributed by atoms with Gasteiger partial charge in [-0.05, 0) is 71.9 Å². The zero-order chi connectivity index (χ0) is 27.4. The summed E-state index contributed by atoms with van der Waals surface area (Å²) in [6.45, 7) is 0.134. The Morgan fingerprint density at radius 1 is 0.949 bits per heavy atom. The molecule has 6 nitrogen and oxygen atoms in total. The first kappa shape index (κ1) is 26.6. The summed E-state index contributed by atoms with van der Waals surface area (Å²) in [5.41, 5.74) is 2.88. The number of hydrogen-bond donors (Lipinski definition) is 1. The molecule has 0 atom stereocenters. The molecule has 0 aromatic heterocycles. The molecule has 0 bridgehead atoms. The van der Waals surface area contributed by atoms with Crippen molar-refractivity contribution in [3.63, 3.8) is 0 Å². The molecular weight excluding hydrogens is 555 g/mol. The largest absolute Gasteiger partial charge is 0.487 e. The zero-order valence-corrected chi connectivity index (χ0v) is 22.6. The number of amides is 1. The van der Waals surface area contributed by atoms with Crippen LogP contribution in [0.25, 0.3) is 6.08 Å². The zero-order valence-electron chi connectivity index (χ0n) is 20.3. The molecule has 0 unspecified atom stereocenters. The third-order valence-electron chi connectivity index (χ3n) is 5.71. The number of anilines is 1. The number of carboxylic acid groups (broad SMARTS) is 1. The van der Waals surface area contributed by atoms with E-state index in [1.54, 1.807) is 35.2 Å². The molecule has 1 saturated heterocycles. The minimum absolute atomic E-state index is 0.134. The van der Waals surface area contributed by atoms with Gasteiger partial charge < -0.3 is 9.84 Å². The fraction of sp³-hybridized carbons (Fsp3) is 0.0333. The minimum Gasteiger partial charge on any atom is -0.487 e. The van der Waals surface area contributed by atoms with Crippen molar-refractivity contribution in [1.29, 1.82) is 0 Å². The van der Waals surface area contributed by atoms with Crippen LogP contribution in [0.3, 0.4) is 0 Å². The lowest BCUT2D eigenvalue weighted by molar-refractivity contribution is -0.113. The van der Waals surface area contributed by atoms with Gasteiger partial charge in [0.25, 0.3) is 5.91 Å². The lowest BCUT2D eigenvalue weighted by Gasteiger charge is -2.15. The molecule has 9 heteroatoms. The van der Waals surface area contributed by atoms with E-state index in [4.69, 9.17) is 38.0 Å². The molecule has 39 heavy (non-hydrogen) atoms. The van der Waals surface area contributed by atoms with E-state index in [0.717, 1.165) is 11.3 Å². The van der Waals surface area contributed by atoms with E-state index in [-0.39, 0.29) is 23.1 Å². The number of carboxylic acids is 1. The van der Waals surface area contributed by atoms with Gasteiger partial charge in [-0.2, -0.15) is 0 Å². The summed E-state index contributed by atoms with van der Waals surface area (Å²) in [6.07, 6.45) is 1.69. The van der Waals surface area contributed by atoms with E-state index in [2.05, 4.69) is 0 Å². The highest BCUT2D eigenvalue weighted by Gasteiger charge is 2.35. The van der Waals surface area contributed by atoms with E-state index >= 15 is 0 Å². The number of hydrogen-bond acceptors (Lipinski definition) is 5. The summed E-state index contributed by atoms with van der Waals surface area (Å²) in [7, 11) is 0. The third kappa shape index (κ3) is 6.17. The monoisotopic (exact) mass is 574 g/mol. The van der Waals surface area contributed by atoms with E-state index in [0.29, 0.717) is 32.1 Å². The molecule has 1 aliphatic rings. The Morgan fingerprint density at radius 2 is 1.62 bits per heavy atom. The van der Waals surface area contributed by atoms with Crippen LogP contribution in [0.2, 0.25) is 10.0 Å². The number of para-hydroxylation sites is 2. The minimum atomic E-state index is -1.00. The van der Waals surface area contributed by atoms with Crippen LogP contribution in [-0.4, -0.2) is 22.2 Å². The SMILES string of the molecule is O=C(O)c1ccc(COc2c(Cl)cc(Cl)cc2/C=C2/SC(=Nc3ccccc3)N(c3ccccc3)C2=O)cc1. The van der Waals surface area contributed by atoms with Crippen LogP contribution in [0.5, 0.6) is 5.75 Å². The van der Waals surface area contributed by atoms with Gasteiger partial charge in [0.15, 0.2) is 5.17 Å². The van der Waals surface area contributed by atoms with Crippen LogP contribution < -0.4 is 9.64 Å². The first-order valence-electron chi connectivity index (χ1n) is 11.8. The van der Waals surface area contributed by atoms with Crippen molar-refractivity contribution in [2.75, 3.05) is 4.90 Å². The van der Waals surface area contributed by atoms with Crippen molar-refractivity contribution in [3.05, 3.63) is 129 Å². The number of nitrogens with zero attached hydrogens (tertiary/aromatic N) is 2. The molecular formula is C30H20Cl2N2O4S. The third-order valence-corrected chi connectivity index (χ3v) is 7.18. The van der Waals surface area contributed by atoms with Gasteiger partial charge in [-0.25, -0.2) is 9.79 Å². The number of carbonyl (C=O) groups is 2. The summed E-state index contributed by atoms with van der Waals surface area (Å²) in [5.74, 6) is -0.897. The molecule has 1 fully saturated rings. The maximum atomic E-state index is 13.7. The molecule has 0 spiro atoms. The first-order valence-corrected chi connectivity index (χ1v) is 13.3. The maximum absolute atomic E-state index is 13.7. The number of benzene rings is 4. The fourth-order valence-corrected chi connectivity index (χ4v) is 5.40. The first-order chi connectivity index (χ1) is 18.9. The summed E-state index contributed by atoms with van der Waals surface area (Å²) >= 11 is 14.1. The molecule has 4 aromatic rings. The van der Waals surface area contributed by atoms with Crippen LogP contribution in [0.15, 0.2) is 107 Å². The van der Waals surface area contributed by atoms with Gasteiger partial charge in [0, 0.05) is 10.6 Å². The van der Waals surface area contributed by atoms with Crippen molar-refractivity contribution in [2.24, 2.45) is 4.99 Å². The number of aromatic carboxylic acids is 1. The molecule has 1 aliphatic heterocycles. The van der Waals surface area contributed by atoms with Crippen molar-refractivity contribution < 1.29 is 19.4 Å². The lowest BCUT2D eigenvalue weighted by Crippen LogP contribution is -2.28. The number of rotatable bonds is 7. The average Bonchev–Trinajstić information content (AvgIpc) is 3.23. The van der Waals surface area contributed by atoms with Gasteiger partial charge in [-0.1, -0.05) is 71.7 Å². The van der Waals surface area contributed by atoms with Crippen LogP contribution in [-0.2, 0) is 11.4 Å². The van der Waals surface area contributed by atoms with Crippen LogP contribution in [0.4, 0.5) is 11.4 Å². The standard InChI is InChI=1S/C30H20Cl2N2O4S/c31-22-15-21(27(25(32)17-22)38-18-19-11-13-20(14-12-19)29(36)37)16-26-28(35)34(24-9-5-2-6-10-24)30(39-26)33-23-7-3-1-4-8-23/h1-17H,18H2,(H,36,37)/b26-16+,33-30?. The van der Waals surface area contributed by atoms with E-state index < -0.39 is 5.97 Å². The molecule has 4 aromatic carbocycles. The van der Waals surface area contributed by atoms with Crippen molar-refractivity contribution in [1.82, 2.24) is 0 Å². The highest BCUT2D eigenvalue weighted by Crippen LogP contribution is 2.40. The van der Waals surface area contributed by atoms with Crippen molar-refractivity contribution in [2.45, 2.75) is 6.61 Å². The summed E-state index contributed by atoms with van der Waals surface area (Å²) in [6, 6.07) is 28.3. The number of thioether (sulfide) groups is 1. The van der Waals surface area contributed by atoms with Crippen LogP contribution >= 0.6 is 35.0 Å². The predicted molar refractivity (Wildman–Crippen MR) is 157 cm³/mol. The average molecular weight is 575 g/mol. The van der Waals surface area contributed by atoms with Gasteiger partial charge in [-0.15, -0.1) is 0 Å². The van der Waals surface area contributed by atoms with Crippen molar-refractivity contribution in [3.8, 4) is 5.75 Å². The summed E-state index contributed by atoms with van der Waals surface area (Å²) in [4.78, 5) is 31.5. The van der Waals surface area contributed by atoms with Gasteiger partial charge in [0.1, 0.15) is 12.4 Å². The molecule has 5 rings (SSSR count). The van der Waals surface area contributed by atoms with E-state index in [1.165, 1.54) is 23.9 Å². The molecule has 194 valence electrons. The molecule has 0 saturated carbocycles. The molecule has 0 radical (unpaired) electrons. The van der Waals surface area contributed by atoms with Gasteiger partial charge in [-0.3, -0.25) is 9.69 Å². The van der Waals surface area contributed by atoms with Crippen LogP contribution in [0, 0.1) is 0 Å². The summed E-state index contributed by atoms with van der Waals surface area (Å²) < 4.78 is 6.04. The lowest BCUT2D eigenvalue weighted by atomic mass is 10.1. The van der Waals surface area contributed by atoms with Gasteiger partial charge >= 0.3 is 5.97 Å². The second-order valence-electron chi connectivity index (χ2n) is 8.41. The van der Waals surface area contributed by atoms with Crippen molar-refractivity contribution >= 4 is 69.5 Å². The van der Waals surface area contributed by atoms with Crippen LogP contribution in [0.1, 0.15) is 21.5 Å². The van der Waals surface area contributed by atoms with E-state index in [9.17, 15) is 9.59 Å². The van der Waals surface area contributed by atoms with Gasteiger partial charge in [0.05, 0.1) is 26.9 Å². The Labute approximate surface area is 239 Å². The number of aliphatic imine (C=N–C) groups is 1. The molecule has 1 amide bonds. The smallest absolute Gasteiger partial charge is 0.335 e. The Kier molecular flexibility index (Phi) is 8.02. The highest BCUT2D eigenvalue weighted by atomic mass is 35.5. The Bertz CT molecular complexity index is 1590. The predicted octanol–water partition coefficient (Wildman–Crippen LogP) is 8.08. The maximum Gasteiger partial charge on any atom is 0.335 e. The van der Waals surface area contributed by atoms with Gasteiger partial charge in [0.2, 0.25) is 0 Å². The molecule has 1 N–H and O–H groups in total. The Hall–Kier alpha value is -4.04. The molecule has 0 aliphatic carbocycles. The number of carbonyl (C=O) groups excluding carboxylic acids is 1. The fourth-order valence-electron chi connectivity index (χ4n) is 3.85. The normalized spacial score (nSPS) is 15.2.